The van der Waals surface area contributed by atoms with E-state index in [0.717, 1.165) is 6.42 Å². The lowest BCUT2D eigenvalue weighted by molar-refractivity contribution is -0.143. The van der Waals surface area contributed by atoms with Crippen molar-refractivity contribution in [2.45, 2.75) is 79.1 Å². The quantitative estimate of drug-likeness (QED) is 0.440. The van der Waals surface area contributed by atoms with E-state index in [-0.39, 0.29) is 34.6 Å². The Kier molecular flexibility index (Phi) is 7.59. The first kappa shape index (κ1) is 26.0. The number of ketones is 2. The number of esters is 1. The summed E-state index contributed by atoms with van der Waals surface area (Å²) in [5, 5.41) is 0. The first-order valence-corrected chi connectivity index (χ1v) is 12.1. The number of aliphatic imine (C=N–C) groups is 1. The average molecular weight is 470 g/mol. The number of carbonyl (C=O) groups excluding carboxylic acids is 3. The van der Waals surface area contributed by atoms with E-state index in [0.29, 0.717) is 48.2 Å². The zero-order valence-electron chi connectivity index (χ0n) is 21.2. The van der Waals surface area contributed by atoms with Gasteiger partial charge in [0, 0.05) is 42.2 Å². The molecule has 1 heterocycles. The molecule has 2 aliphatic rings. The van der Waals surface area contributed by atoms with E-state index < -0.39 is 17.8 Å². The van der Waals surface area contributed by atoms with Crippen molar-refractivity contribution in [3.05, 3.63) is 46.9 Å². The highest BCUT2D eigenvalue weighted by atomic mass is 19.1. The Hall–Kier alpha value is -2.63. The summed E-state index contributed by atoms with van der Waals surface area (Å²) in [6, 6.07) is 5.92. The number of halogens is 1. The minimum absolute atomic E-state index is 0.0217. The molecule has 0 spiro atoms. The number of rotatable bonds is 8. The van der Waals surface area contributed by atoms with Gasteiger partial charge in [-0.2, -0.15) is 0 Å². The van der Waals surface area contributed by atoms with Crippen LogP contribution in [0, 0.1) is 22.6 Å². The number of ether oxygens (including phenoxy) is 1. The smallest absolute Gasteiger partial charge is 0.315 e. The topological polar surface area (TPSA) is 72.8 Å². The van der Waals surface area contributed by atoms with Gasteiger partial charge in [-0.05, 0) is 48.3 Å². The number of allylic oxidation sites excluding steroid dienone is 2. The van der Waals surface area contributed by atoms with Gasteiger partial charge in [0.2, 0.25) is 0 Å². The molecule has 0 fully saturated rings. The number of hydrogen-bond donors (Lipinski definition) is 0. The fourth-order valence-corrected chi connectivity index (χ4v) is 5.18. The van der Waals surface area contributed by atoms with Crippen LogP contribution in [0.3, 0.4) is 0 Å². The third-order valence-electron chi connectivity index (χ3n) is 7.52. The molecule has 34 heavy (non-hydrogen) atoms. The first-order chi connectivity index (χ1) is 15.9. The zero-order chi connectivity index (χ0) is 25.3. The van der Waals surface area contributed by atoms with Gasteiger partial charge in [-0.25, -0.2) is 4.39 Å². The molecular formula is C28H36FNO4. The molecule has 1 aliphatic carbocycles. The standard InChI is InChI=1S/C28H36FNO4/c1-7-27(3,4)14-20(31)12-13-28(5)15-21-25(22(32)16-28)24(18-8-10-19(29)11-9-18)23(17(2)30-21)26(33)34-6/h8-11,23-24H,7,12-16H2,1-6H3. The predicted octanol–water partition coefficient (Wildman–Crippen LogP) is 5.97. The minimum atomic E-state index is -0.736. The van der Waals surface area contributed by atoms with Gasteiger partial charge < -0.3 is 4.74 Å². The van der Waals surface area contributed by atoms with Crippen LogP contribution in [-0.2, 0) is 19.1 Å². The van der Waals surface area contributed by atoms with Crippen molar-refractivity contribution in [1.82, 2.24) is 0 Å². The number of carbonyl (C=O) groups is 3. The summed E-state index contributed by atoms with van der Waals surface area (Å²) < 4.78 is 18.7. The summed E-state index contributed by atoms with van der Waals surface area (Å²) in [7, 11) is 1.32. The lowest BCUT2D eigenvalue weighted by Crippen LogP contribution is -2.40. The Balaban J connectivity index is 1.92. The highest BCUT2D eigenvalue weighted by molar-refractivity contribution is 6.09. The lowest BCUT2D eigenvalue weighted by atomic mass is 9.65. The molecule has 3 rings (SSSR count). The van der Waals surface area contributed by atoms with Crippen molar-refractivity contribution in [3.63, 3.8) is 0 Å². The molecular weight excluding hydrogens is 433 g/mol. The molecule has 1 aromatic carbocycles. The van der Waals surface area contributed by atoms with Crippen LogP contribution in [-0.4, -0.2) is 30.4 Å². The van der Waals surface area contributed by atoms with E-state index in [4.69, 9.17) is 9.73 Å². The van der Waals surface area contributed by atoms with Crippen LogP contribution < -0.4 is 0 Å². The van der Waals surface area contributed by atoms with Gasteiger partial charge in [-0.1, -0.05) is 46.2 Å². The van der Waals surface area contributed by atoms with E-state index in [9.17, 15) is 18.8 Å². The molecule has 0 aromatic heterocycles. The third kappa shape index (κ3) is 5.53. The second-order valence-electron chi connectivity index (χ2n) is 11.0. The largest absolute Gasteiger partial charge is 0.468 e. The highest BCUT2D eigenvalue weighted by Crippen LogP contribution is 2.49. The zero-order valence-corrected chi connectivity index (χ0v) is 21.2. The van der Waals surface area contributed by atoms with Crippen LogP contribution in [0.25, 0.3) is 0 Å². The van der Waals surface area contributed by atoms with Crippen LogP contribution in [0.1, 0.15) is 84.6 Å². The van der Waals surface area contributed by atoms with Crippen molar-refractivity contribution < 1.29 is 23.5 Å². The van der Waals surface area contributed by atoms with E-state index >= 15 is 0 Å². The van der Waals surface area contributed by atoms with E-state index in [1.165, 1.54) is 19.2 Å². The molecule has 0 radical (unpaired) electrons. The molecule has 0 saturated carbocycles. The summed E-state index contributed by atoms with van der Waals surface area (Å²) in [6.45, 7) is 10.1. The number of benzene rings is 1. The molecule has 1 aromatic rings. The van der Waals surface area contributed by atoms with Crippen LogP contribution in [0.2, 0.25) is 0 Å². The van der Waals surface area contributed by atoms with Gasteiger partial charge in [0.05, 0.1) is 7.11 Å². The van der Waals surface area contributed by atoms with Crippen molar-refractivity contribution in [2.75, 3.05) is 7.11 Å². The van der Waals surface area contributed by atoms with Crippen LogP contribution in [0.5, 0.6) is 0 Å². The SMILES string of the molecule is CCC(C)(C)CC(=O)CCC1(C)CC(=O)C2=C(C1)N=C(C)C(C(=O)OC)C2c1ccc(F)cc1. The van der Waals surface area contributed by atoms with Crippen molar-refractivity contribution in [2.24, 2.45) is 21.7 Å². The Morgan fingerprint density at radius 2 is 1.85 bits per heavy atom. The number of methoxy groups -OCH3 is 1. The predicted molar refractivity (Wildman–Crippen MR) is 130 cm³/mol. The summed E-state index contributed by atoms with van der Waals surface area (Å²) in [6.07, 6.45) is 3.37. The molecule has 6 heteroatoms. The maximum Gasteiger partial charge on any atom is 0.315 e. The molecule has 184 valence electrons. The van der Waals surface area contributed by atoms with E-state index in [2.05, 4.69) is 20.8 Å². The van der Waals surface area contributed by atoms with Crippen molar-refractivity contribution in [1.29, 1.82) is 0 Å². The molecule has 3 atom stereocenters. The van der Waals surface area contributed by atoms with Gasteiger partial charge in [0.1, 0.15) is 17.5 Å². The minimum Gasteiger partial charge on any atom is -0.468 e. The van der Waals surface area contributed by atoms with Crippen LogP contribution >= 0.6 is 0 Å². The van der Waals surface area contributed by atoms with Gasteiger partial charge in [0.15, 0.2) is 5.78 Å². The maximum absolute atomic E-state index is 13.6. The van der Waals surface area contributed by atoms with E-state index in [1.54, 1.807) is 19.1 Å². The van der Waals surface area contributed by atoms with Crippen molar-refractivity contribution in [3.8, 4) is 0 Å². The third-order valence-corrected chi connectivity index (χ3v) is 7.52. The van der Waals surface area contributed by atoms with Gasteiger partial charge in [0.25, 0.3) is 0 Å². The fourth-order valence-electron chi connectivity index (χ4n) is 5.18. The molecule has 3 unspecified atom stereocenters. The molecule has 1 aliphatic heterocycles. The fraction of sp³-hybridized carbons (Fsp3) is 0.571. The molecule has 0 bridgehead atoms. The van der Waals surface area contributed by atoms with Crippen molar-refractivity contribution >= 4 is 23.2 Å². The Bertz CT molecular complexity index is 1040. The molecule has 0 amide bonds. The summed E-state index contributed by atoms with van der Waals surface area (Å²) in [5.74, 6) is -1.99. The first-order valence-electron chi connectivity index (χ1n) is 12.1. The summed E-state index contributed by atoms with van der Waals surface area (Å²) >= 11 is 0. The number of nitrogens with zero attached hydrogens (tertiary/aromatic N) is 1. The van der Waals surface area contributed by atoms with Gasteiger partial charge >= 0.3 is 5.97 Å². The Morgan fingerprint density at radius 3 is 2.44 bits per heavy atom. The van der Waals surface area contributed by atoms with Crippen LogP contribution in [0.15, 0.2) is 40.5 Å². The summed E-state index contributed by atoms with van der Waals surface area (Å²) in [4.78, 5) is 43.6. The molecule has 0 saturated heterocycles. The normalized spacial score (nSPS) is 25.0. The number of Topliss-reactive ketones (excluding diaryl/α,β-unsaturated/α-hetero) is 2. The lowest BCUT2D eigenvalue weighted by Gasteiger charge is -2.40. The second kappa shape index (κ2) is 9.93. The number of hydrogen-bond acceptors (Lipinski definition) is 5. The van der Waals surface area contributed by atoms with Gasteiger partial charge in [-0.15, -0.1) is 0 Å². The van der Waals surface area contributed by atoms with Crippen LogP contribution in [0.4, 0.5) is 4.39 Å². The summed E-state index contributed by atoms with van der Waals surface area (Å²) in [5.41, 5.74) is 2.06. The van der Waals surface area contributed by atoms with Gasteiger partial charge in [-0.3, -0.25) is 19.4 Å². The molecule has 5 nitrogen and oxygen atoms in total. The highest BCUT2D eigenvalue weighted by Gasteiger charge is 2.47. The maximum atomic E-state index is 13.6. The average Bonchev–Trinajstić information content (AvgIpc) is 2.76. The van der Waals surface area contributed by atoms with E-state index in [1.807, 2.05) is 6.92 Å². The molecule has 0 N–H and O–H groups in total. The Labute approximate surface area is 201 Å². The monoisotopic (exact) mass is 469 g/mol. The second-order valence-corrected chi connectivity index (χ2v) is 11.0. The Morgan fingerprint density at radius 1 is 1.21 bits per heavy atom.